The quantitative estimate of drug-likeness (QED) is 0.616. The maximum Gasteiger partial charge on any atom is 0.0834 e. The van der Waals surface area contributed by atoms with E-state index in [2.05, 4.69) is 10.5 Å². The largest absolute Gasteiger partial charge is 0.378 e. The normalized spacial score (nSPS) is 22.6. The monoisotopic (exact) mass is 244 g/mol. The first kappa shape index (κ1) is 11.9. The van der Waals surface area contributed by atoms with Crippen molar-refractivity contribution in [1.29, 1.82) is 0 Å². The van der Waals surface area contributed by atoms with Gasteiger partial charge in [-0.2, -0.15) is 5.10 Å². The zero-order valence-corrected chi connectivity index (χ0v) is 10.1. The van der Waals surface area contributed by atoms with Crippen molar-refractivity contribution >= 4 is 11.6 Å². The van der Waals surface area contributed by atoms with Crippen molar-refractivity contribution in [3.05, 3.63) is 16.9 Å². The van der Waals surface area contributed by atoms with Crippen molar-refractivity contribution in [2.45, 2.75) is 31.4 Å². The lowest BCUT2D eigenvalue weighted by Crippen LogP contribution is -2.32. The lowest BCUT2D eigenvalue weighted by molar-refractivity contribution is 0.0937. The molecule has 16 heavy (non-hydrogen) atoms. The molecule has 0 spiro atoms. The Hall–Kier alpha value is -0.620. The van der Waals surface area contributed by atoms with Crippen LogP contribution >= 0.6 is 11.6 Å². The molecule has 90 valence electrons. The Balaban J connectivity index is 2.09. The second-order valence-corrected chi connectivity index (χ2v) is 4.50. The van der Waals surface area contributed by atoms with E-state index in [-0.39, 0.29) is 12.1 Å². The van der Waals surface area contributed by atoms with Gasteiger partial charge in [-0.05, 0) is 19.3 Å². The SMILES string of the molecule is Cn1ncc(Cl)c1C(CC1CCCO1)NN. The van der Waals surface area contributed by atoms with E-state index in [0.717, 1.165) is 31.6 Å². The fraction of sp³-hybridized carbons (Fsp3) is 0.700. The van der Waals surface area contributed by atoms with E-state index in [4.69, 9.17) is 22.2 Å². The molecule has 1 aliphatic heterocycles. The molecule has 2 rings (SSSR count). The van der Waals surface area contributed by atoms with Crippen LogP contribution in [0, 0.1) is 0 Å². The van der Waals surface area contributed by atoms with Crippen molar-refractivity contribution in [2.75, 3.05) is 6.61 Å². The van der Waals surface area contributed by atoms with Crippen molar-refractivity contribution < 1.29 is 4.74 Å². The molecule has 0 amide bonds. The molecule has 6 heteroatoms. The molecule has 1 aliphatic rings. The van der Waals surface area contributed by atoms with Crippen LogP contribution in [0.3, 0.4) is 0 Å². The molecule has 1 aromatic rings. The van der Waals surface area contributed by atoms with Crippen molar-refractivity contribution in [2.24, 2.45) is 12.9 Å². The van der Waals surface area contributed by atoms with Crippen LogP contribution in [0.15, 0.2) is 6.20 Å². The third-order valence-electron chi connectivity index (χ3n) is 2.99. The first-order valence-corrected chi connectivity index (χ1v) is 5.85. The molecular formula is C10H17ClN4O. The fourth-order valence-electron chi connectivity index (χ4n) is 2.16. The molecular weight excluding hydrogens is 228 g/mol. The molecule has 1 fully saturated rings. The fourth-order valence-corrected chi connectivity index (χ4v) is 2.46. The van der Waals surface area contributed by atoms with Crippen LogP contribution < -0.4 is 11.3 Å². The van der Waals surface area contributed by atoms with Gasteiger partial charge in [0.2, 0.25) is 0 Å². The van der Waals surface area contributed by atoms with Gasteiger partial charge in [-0.3, -0.25) is 16.0 Å². The Morgan fingerprint density at radius 3 is 3.12 bits per heavy atom. The molecule has 0 radical (unpaired) electrons. The number of aryl methyl sites for hydroxylation is 1. The van der Waals surface area contributed by atoms with Gasteiger partial charge in [-0.15, -0.1) is 0 Å². The summed E-state index contributed by atoms with van der Waals surface area (Å²) in [5.74, 6) is 5.57. The van der Waals surface area contributed by atoms with Crippen LogP contribution in [0.2, 0.25) is 5.02 Å². The topological polar surface area (TPSA) is 65.1 Å². The number of nitrogens with two attached hydrogens (primary N) is 1. The predicted molar refractivity (Wildman–Crippen MR) is 61.9 cm³/mol. The number of hydrogen-bond acceptors (Lipinski definition) is 4. The van der Waals surface area contributed by atoms with Crippen LogP contribution in [0.4, 0.5) is 0 Å². The Kier molecular flexibility index (Phi) is 3.81. The van der Waals surface area contributed by atoms with E-state index in [1.54, 1.807) is 10.9 Å². The second-order valence-electron chi connectivity index (χ2n) is 4.09. The van der Waals surface area contributed by atoms with Gasteiger partial charge >= 0.3 is 0 Å². The summed E-state index contributed by atoms with van der Waals surface area (Å²) in [6.07, 6.45) is 4.95. The standard InChI is InChI=1S/C10H17ClN4O/c1-15-10(8(11)6-13-15)9(14-12)5-7-3-2-4-16-7/h6-7,9,14H,2-5,12H2,1H3. The van der Waals surface area contributed by atoms with E-state index in [9.17, 15) is 0 Å². The van der Waals surface area contributed by atoms with E-state index >= 15 is 0 Å². The molecule has 5 nitrogen and oxygen atoms in total. The molecule has 0 saturated carbocycles. The zero-order valence-electron chi connectivity index (χ0n) is 9.32. The highest BCUT2D eigenvalue weighted by Crippen LogP contribution is 2.28. The third-order valence-corrected chi connectivity index (χ3v) is 3.28. The summed E-state index contributed by atoms with van der Waals surface area (Å²) in [5.41, 5.74) is 3.70. The first-order valence-electron chi connectivity index (χ1n) is 5.47. The summed E-state index contributed by atoms with van der Waals surface area (Å²) >= 11 is 6.08. The molecule has 1 saturated heterocycles. The Morgan fingerprint density at radius 1 is 1.81 bits per heavy atom. The summed E-state index contributed by atoms with van der Waals surface area (Å²) in [4.78, 5) is 0. The summed E-state index contributed by atoms with van der Waals surface area (Å²) in [6.45, 7) is 0.848. The van der Waals surface area contributed by atoms with Gasteiger partial charge in [0.15, 0.2) is 0 Å². The molecule has 2 atom stereocenters. The highest BCUT2D eigenvalue weighted by Gasteiger charge is 2.24. The average Bonchev–Trinajstić information content (AvgIpc) is 2.87. The summed E-state index contributed by atoms with van der Waals surface area (Å²) in [7, 11) is 1.86. The van der Waals surface area contributed by atoms with Crippen LogP contribution in [0.1, 0.15) is 31.0 Å². The van der Waals surface area contributed by atoms with E-state index in [1.807, 2.05) is 7.05 Å². The maximum atomic E-state index is 6.08. The molecule has 0 aromatic carbocycles. The number of hydrazine groups is 1. The number of nitrogens with zero attached hydrogens (tertiary/aromatic N) is 2. The van der Waals surface area contributed by atoms with E-state index in [0.29, 0.717) is 5.02 Å². The van der Waals surface area contributed by atoms with E-state index < -0.39 is 0 Å². The number of hydrogen-bond donors (Lipinski definition) is 2. The minimum Gasteiger partial charge on any atom is -0.378 e. The smallest absolute Gasteiger partial charge is 0.0834 e. The predicted octanol–water partition coefficient (Wildman–Crippen LogP) is 1.15. The summed E-state index contributed by atoms with van der Waals surface area (Å²) in [5, 5.41) is 4.75. The van der Waals surface area contributed by atoms with Crippen LogP contribution in [0.25, 0.3) is 0 Å². The number of halogens is 1. The van der Waals surface area contributed by atoms with Gasteiger partial charge in [-0.1, -0.05) is 11.6 Å². The van der Waals surface area contributed by atoms with E-state index in [1.165, 1.54) is 0 Å². The molecule has 2 heterocycles. The van der Waals surface area contributed by atoms with Crippen molar-refractivity contribution in [3.63, 3.8) is 0 Å². The van der Waals surface area contributed by atoms with Gasteiger partial charge in [0.1, 0.15) is 0 Å². The van der Waals surface area contributed by atoms with Crippen LogP contribution in [-0.4, -0.2) is 22.5 Å². The van der Waals surface area contributed by atoms with Gasteiger partial charge < -0.3 is 4.74 Å². The maximum absolute atomic E-state index is 6.08. The van der Waals surface area contributed by atoms with Gasteiger partial charge in [-0.25, -0.2) is 0 Å². The lowest BCUT2D eigenvalue weighted by atomic mass is 10.0. The summed E-state index contributed by atoms with van der Waals surface area (Å²) < 4.78 is 7.35. The molecule has 0 aliphatic carbocycles. The van der Waals surface area contributed by atoms with Crippen LogP contribution in [-0.2, 0) is 11.8 Å². The number of ether oxygens (including phenoxy) is 1. The summed E-state index contributed by atoms with van der Waals surface area (Å²) in [6, 6.07) is -0.0110. The van der Waals surface area contributed by atoms with Gasteiger partial charge in [0, 0.05) is 13.7 Å². The Labute approximate surface area is 99.9 Å². The minimum absolute atomic E-state index is 0.0110. The van der Waals surface area contributed by atoms with Gasteiger partial charge in [0.05, 0.1) is 29.1 Å². The zero-order chi connectivity index (χ0) is 11.5. The number of nitrogens with one attached hydrogen (secondary N) is 1. The third kappa shape index (κ3) is 2.38. The average molecular weight is 245 g/mol. The molecule has 0 bridgehead atoms. The lowest BCUT2D eigenvalue weighted by Gasteiger charge is -2.20. The molecule has 3 N–H and O–H groups in total. The minimum atomic E-state index is -0.0110. The van der Waals surface area contributed by atoms with Crippen LogP contribution in [0.5, 0.6) is 0 Å². The van der Waals surface area contributed by atoms with Gasteiger partial charge in [0.25, 0.3) is 0 Å². The highest BCUT2D eigenvalue weighted by atomic mass is 35.5. The molecule has 2 unspecified atom stereocenters. The van der Waals surface area contributed by atoms with Crippen molar-refractivity contribution in [1.82, 2.24) is 15.2 Å². The Morgan fingerprint density at radius 2 is 2.62 bits per heavy atom. The number of rotatable bonds is 4. The molecule has 1 aromatic heterocycles. The van der Waals surface area contributed by atoms with Crippen molar-refractivity contribution in [3.8, 4) is 0 Å². The second kappa shape index (κ2) is 5.14. The number of aromatic nitrogens is 2. The highest BCUT2D eigenvalue weighted by molar-refractivity contribution is 6.31. The Bertz CT molecular complexity index is 329. The first-order chi connectivity index (χ1) is 7.72.